The van der Waals surface area contributed by atoms with Crippen molar-refractivity contribution in [2.45, 2.75) is 37.8 Å². The van der Waals surface area contributed by atoms with E-state index in [9.17, 15) is 9.59 Å². The Hall–Kier alpha value is -2.96. The molecule has 0 spiro atoms. The SMILES string of the molecule is O=C(NC1CCC(Oc2ccc3c(c2)OCO3)CC1)c1ccc(=O)oc1. The fourth-order valence-electron chi connectivity index (χ4n) is 3.22. The van der Waals surface area contributed by atoms with Gasteiger partial charge in [-0.15, -0.1) is 0 Å². The zero-order valence-corrected chi connectivity index (χ0v) is 14.1. The van der Waals surface area contributed by atoms with E-state index in [0.29, 0.717) is 11.3 Å². The molecule has 1 fully saturated rings. The fraction of sp³-hybridized carbons (Fsp3) is 0.368. The van der Waals surface area contributed by atoms with Crippen molar-refractivity contribution in [1.29, 1.82) is 0 Å². The number of amides is 1. The van der Waals surface area contributed by atoms with E-state index >= 15 is 0 Å². The number of hydrogen-bond acceptors (Lipinski definition) is 6. The molecule has 2 heterocycles. The molecule has 0 radical (unpaired) electrons. The normalized spacial score (nSPS) is 21.2. The summed E-state index contributed by atoms with van der Waals surface area (Å²) in [7, 11) is 0. The molecule has 1 N–H and O–H groups in total. The van der Waals surface area contributed by atoms with Gasteiger partial charge in [0.1, 0.15) is 12.0 Å². The van der Waals surface area contributed by atoms with Crippen LogP contribution in [0.15, 0.2) is 45.8 Å². The van der Waals surface area contributed by atoms with Crippen molar-refractivity contribution < 1.29 is 23.4 Å². The van der Waals surface area contributed by atoms with Gasteiger partial charge in [0, 0.05) is 18.2 Å². The maximum absolute atomic E-state index is 12.2. The number of ether oxygens (including phenoxy) is 3. The maximum Gasteiger partial charge on any atom is 0.335 e. The van der Waals surface area contributed by atoms with Gasteiger partial charge >= 0.3 is 5.63 Å². The number of benzene rings is 1. The lowest BCUT2D eigenvalue weighted by atomic mass is 9.92. The Labute approximate surface area is 149 Å². The van der Waals surface area contributed by atoms with Gasteiger partial charge in [-0.3, -0.25) is 4.79 Å². The molecule has 2 aliphatic rings. The van der Waals surface area contributed by atoms with Crippen molar-refractivity contribution in [2.75, 3.05) is 6.79 Å². The van der Waals surface area contributed by atoms with Crippen molar-refractivity contribution >= 4 is 5.91 Å². The molecule has 2 aromatic rings. The molecular weight excluding hydrogens is 338 g/mol. The van der Waals surface area contributed by atoms with Crippen molar-refractivity contribution in [3.8, 4) is 17.2 Å². The van der Waals surface area contributed by atoms with Crippen LogP contribution in [0.5, 0.6) is 17.2 Å². The molecule has 7 nitrogen and oxygen atoms in total. The first-order valence-corrected chi connectivity index (χ1v) is 8.63. The van der Waals surface area contributed by atoms with E-state index in [2.05, 4.69) is 5.32 Å². The Morgan fingerprint density at radius 1 is 1.04 bits per heavy atom. The molecule has 0 unspecified atom stereocenters. The Balaban J connectivity index is 1.28. The molecule has 1 aromatic carbocycles. The number of nitrogens with one attached hydrogen (secondary N) is 1. The van der Waals surface area contributed by atoms with Gasteiger partial charge in [-0.2, -0.15) is 0 Å². The second kappa shape index (κ2) is 7.11. The Morgan fingerprint density at radius 3 is 2.62 bits per heavy atom. The summed E-state index contributed by atoms with van der Waals surface area (Å²) in [6.45, 7) is 0.244. The Morgan fingerprint density at radius 2 is 1.85 bits per heavy atom. The van der Waals surface area contributed by atoms with Gasteiger partial charge in [-0.1, -0.05) is 0 Å². The number of rotatable bonds is 4. The minimum atomic E-state index is -0.470. The van der Waals surface area contributed by atoms with Crippen LogP contribution in [0.25, 0.3) is 0 Å². The van der Waals surface area contributed by atoms with Crippen LogP contribution in [-0.2, 0) is 0 Å². The van der Waals surface area contributed by atoms with Crippen LogP contribution in [0.3, 0.4) is 0 Å². The summed E-state index contributed by atoms with van der Waals surface area (Å²) in [5.74, 6) is 1.98. The van der Waals surface area contributed by atoms with Crippen LogP contribution in [0.4, 0.5) is 0 Å². The monoisotopic (exact) mass is 357 g/mol. The van der Waals surface area contributed by atoms with E-state index in [-0.39, 0.29) is 24.8 Å². The zero-order chi connectivity index (χ0) is 17.9. The van der Waals surface area contributed by atoms with E-state index in [1.807, 2.05) is 18.2 Å². The Bertz CT molecular complexity index is 833. The summed E-state index contributed by atoms with van der Waals surface area (Å²) < 4.78 is 21.4. The van der Waals surface area contributed by atoms with Crippen LogP contribution in [0.2, 0.25) is 0 Å². The van der Waals surface area contributed by atoms with Crippen molar-refractivity contribution in [3.05, 3.63) is 52.6 Å². The smallest absolute Gasteiger partial charge is 0.335 e. The summed E-state index contributed by atoms with van der Waals surface area (Å²) in [5, 5.41) is 2.98. The quantitative estimate of drug-likeness (QED) is 0.905. The second-order valence-corrected chi connectivity index (χ2v) is 6.42. The first-order valence-electron chi connectivity index (χ1n) is 8.63. The van der Waals surface area contributed by atoms with Crippen LogP contribution >= 0.6 is 0 Å². The average Bonchev–Trinajstić information content (AvgIpc) is 3.12. The van der Waals surface area contributed by atoms with E-state index in [4.69, 9.17) is 18.6 Å². The fourth-order valence-corrected chi connectivity index (χ4v) is 3.22. The maximum atomic E-state index is 12.2. The first kappa shape index (κ1) is 16.5. The average molecular weight is 357 g/mol. The lowest BCUT2D eigenvalue weighted by molar-refractivity contribution is 0.0891. The van der Waals surface area contributed by atoms with Crippen molar-refractivity contribution in [2.24, 2.45) is 0 Å². The van der Waals surface area contributed by atoms with Gasteiger partial charge in [0.15, 0.2) is 11.5 Å². The molecule has 4 rings (SSSR count). The number of hydrogen-bond donors (Lipinski definition) is 1. The molecule has 1 aliphatic carbocycles. The minimum absolute atomic E-state index is 0.0889. The van der Waals surface area contributed by atoms with E-state index < -0.39 is 5.63 Å². The molecule has 0 saturated heterocycles. The molecular formula is C19H19NO6. The third kappa shape index (κ3) is 3.66. The molecule has 1 amide bonds. The standard InChI is InChI=1S/C19H19NO6/c21-18-8-1-12(10-23-18)19(22)20-13-2-4-14(5-3-13)26-15-6-7-16-17(9-15)25-11-24-16/h1,6-10,13-14H,2-5,11H2,(H,20,22). The Kier molecular flexibility index (Phi) is 4.51. The van der Waals surface area contributed by atoms with E-state index in [0.717, 1.165) is 37.2 Å². The predicted octanol–water partition coefficient (Wildman–Crippen LogP) is 2.49. The summed E-state index contributed by atoms with van der Waals surface area (Å²) in [6.07, 6.45) is 4.66. The molecule has 136 valence electrons. The topological polar surface area (TPSA) is 87.0 Å². The molecule has 0 bridgehead atoms. The minimum Gasteiger partial charge on any atom is -0.490 e. The molecule has 26 heavy (non-hydrogen) atoms. The number of carbonyl (C=O) groups excluding carboxylic acids is 1. The second-order valence-electron chi connectivity index (χ2n) is 6.42. The highest BCUT2D eigenvalue weighted by Gasteiger charge is 2.25. The summed E-state index contributed by atoms with van der Waals surface area (Å²) in [5.41, 5.74) is -0.119. The van der Waals surface area contributed by atoms with Crippen molar-refractivity contribution in [1.82, 2.24) is 5.32 Å². The third-order valence-electron chi connectivity index (χ3n) is 4.62. The van der Waals surface area contributed by atoms with Gasteiger partial charge in [0.05, 0.1) is 11.7 Å². The highest BCUT2D eigenvalue weighted by molar-refractivity contribution is 5.93. The lowest BCUT2D eigenvalue weighted by Gasteiger charge is -2.29. The van der Waals surface area contributed by atoms with Crippen molar-refractivity contribution in [3.63, 3.8) is 0 Å². The zero-order valence-electron chi connectivity index (χ0n) is 14.1. The van der Waals surface area contributed by atoms with Crippen LogP contribution in [0, 0.1) is 0 Å². The number of fused-ring (bicyclic) bond motifs is 1. The van der Waals surface area contributed by atoms with Crippen LogP contribution in [-0.4, -0.2) is 24.8 Å². The summed E-state index contributed by atoms with van der Waals surface area (Å²) in [4.78, 5) is 23.1. The van der Waals surface area contributed by atoms with Gasteiger partial charge in [-0.25, -0.2) is 4.79 Å². The van der Waals surface area contributed by atoms with Gasteiger partial charge in [0.25, 0.3) is 5.91 Å². The lowest BCUT2D eigenvalue weighted by Crippen LogP contribution is -2.39. The largest absolute Gasteiger partial charge is 0.490 e. The highest BCUT2D eigenvalue weighted by atomic mass is 16.7. The number of carbonyl (C=O) groups is 1. The van der Waals surface area contributed by atoms with Crippen LogP contribution in [0.1, 0.15) is 36.0 Å². The summed E-state index contributed by atoms with van der Waals surface area (Å²) in [6, 6.07) is 8.37. The summed E-state index contributed by atoms with van der Waals surface area (Å²) >= 11 is 0. The third-order valence-corrected chi connectivity index (χ3v) is 4.62. The van der Waals surface area contributed by atoms with Gasteiger partial charge in [0.2, 0.25) is 6.79 Å². The van der Waals surface area contributed by atoms with Crippen LogP contribution < -0.4 is 25.2 Å². The predicted molar refractivity (Wildman–Crippen MR) is 91.7 cm³/mol. The first-order chi connectivity index (χ1) is 12.7. The molecule has 7 heteroatoms. The molecule has 1 saturated carbocycles. The molecule has 1 aliphatic heterocycles. The van der Waals surface area contributed by atoms with Gasteiger partial charge < -0.3 is 23.9 Å². The molecule has 1 aromatic heterocycles. The van der Waals surface area contributed by atoms with Gasteiger partial charge in [-0.05, 0) is 43.9 Å². The van der Waals surface area contributed by atoms with E-state index in [1.165, 1.54) is 18.4 Å². The van der Waals surface area contributed by atoms with E-state index in [1.54, 1.807) is 0 Å². The highest BCUT2D eigenvalue weighted by Crippen LogP contribution is 2.36. The molecule has 0 atom stereocenters.